The SMILES string of the molecule is NC(=O)c1ccc(Oc2ccc(CN3CCOCC3)c3cccnc23)nc1. The maximum atomic E-state index is 11.2. The van der Waals surface area contributed by atoms with Gasteiger partial charge in [-0.25, -0.2) is 4.98 Å². The number of fused-ring (bicyclic) bond motifs is 1. The number of morpholine rings is 1. The first-order valence-corrected chi connectivity index (χ1v) is 8.81. The third kappa shape index (κ3) is 3.89. The van der Waals surface area contributed by atoms with Crippen LogP contribution in [0.5, 0.6) is 11.6 Å². The summed E-state index contributed by atoms with van der Waals surface area (Å²) >= 11 is 0. The lowest BCUT2D eigenvalue weighted by Gasteiger charge is -2.27. The average Bonchev–Trinajstić information content (AvgIpc) is 2.71. The number of primary amides is 1. The van der Waals surface area contributed by atoms with E-state index in [-0.39, 0.29) is 0 Å². The molecule has 3 aromatic rings. The average molecular weight is 364 g/mol. The Morgan fingerprint density at radius 3 is 2.74 bits per heavy atom. The number of nitrogens with zero attached hydrogens (tertiary/aromatic N) is 3. The van der Waals surface area contributed by atoms with Gasteiger partial charge in [-0.15, -0.1) is 0 Å². The molecule has 3 heterocycles. The zero-order chi connectivity index (χ0) is 18.6. The Balaban J connectivity index is 1.62. The van der Waals surface area contributed by atoms with E-state index >= 15 is 0 Å². The summed E-state index contributed by atoms with van der Waals surface area (Å²) in [4.78, 5) is 22.2. The largest absolute Gasteiger partial charge is 0.437 e. The van der Waals surface area contributed by atoms with Crippen molar-refractivity contribution >= 4 is 16.8 Å². The Labute approximate surface area is 156 Å². The molecule has 27 heavy (non-hydrogen) atoms. The molecule has 1 saturated heterocycles. The number of rotatable bonds is 5. The highest BCUT2D eigenvalue weighted by Crippen LogP contribution is 2.30. The fourth-order valence-corrected chi connectivity index (χ4v) is 3.13. The number of carbonyl (C=O) groups is 1. The van der Waals surface area contributed by atoms with Crippen LogP contribution in [-0.2, 0) is 11.3 Å². The number of nitrogens with two attached hydrogens (primary N) is 1. The summed E-state index contributed by atoms with van der Waals surface area (Å²) in [7, 11) is 0. The molecule has 0 atom stereocenters. The van der Waals surface area contributed by atoms with Crippen LogP contribution >= 0.6 is 0 Å². The van der Waals surface area contributed by atoms with Gasteiger partial charge in [-0.1, -0.05) is 12.1 Å². The van der Waals surface area contributed by atoms with Gasteiger partial charge in [-0.2, -0.15) is 0 Å². The van der Waals surface area contributed by atoms with Crippen LogP contribution in [0, 0.1) is 0 Å². The Hall–Kier alpha value is -3.03. The lowest BCUT2D eigenvalue weighted by atomic mass is 10.1. The third-order valence-electron chi connectivity index (χ3n) is 4.56. The zero-order valence-corrected chi connectivity index (χ0v) is 14.8. The van der Waals surface area contributed by atoms with Crippen molar-refractivity contribution in [1.82, 2.24) is 14.9 Å². The maximum absolute atomic E-state index is 11.2. The van der Waals surface area contributed by atoms with Gasteiger partial charge in [0.15, 0.2) is 5.75 Å². The summed E-state index contributed by atoms with van der Waals surface area (Å²) in [5.41, 5.74) is 7.56. The molecular weight excluding hydrogens is 344 g/mol. The lowest BCUT2D eigenvalue weighted by molar-refractivity contribution is 0.0343. The van der Waals surface area contributed by atoms with Crippen molar-refractivity contribution in [3.63, 3.8) is 0 Å². The van der Waals surface area contributed by atoms with Crippen molar-refractivity contribution in [1.29, 1.82) is 0 Å². The van der Waals surface area contributed by atoms with Gasteiger partial charge in [0.1, 0.15) is 5.52 Å². The summed E-state index contributed by atoms with van der Waals surface area (Å²) < 4.78 is 11.3. The zero-order valence-electron chi connectivity index (χ0n) is 14.8. The van der Waals surface area contributed by atoms with Gasteiger partial charge in [0.2, 0.25) is 11.8 Å². The second kappa shape index (κ2) is 7.69. The summed E-state index contributed by atoms with van der Waals surface area (Å²) in [6, 6.07) is 11.2. The van der Waals surface area contributed by atoms with Crippen LogP contribution < -0.4 is 10.5 Å². The van der Waals surface area contributed by atoms with E-state index in [0.29, 0.717) is 17.2 Å². The molecular formula is C20H20N4O3. The Kier molecular flexibility index (Phi) is 4.95. The highest BCUT2D eigenvalue weighted by molar-refractivity contribution is 5.92. The number of carbonyl (C=O) groups excluding carboxylic acids is 1. The Morgan fingerprint density at radius 2 is 2.00 bits per heavy atom. The summed E-state index contributed by atoms with van der Waals surface area (Å²) in [6.07, 6.45) is 3.15. The molecule has 1 aliphatic heterocycles. The fourth-order valence-electron chi connectivity index (χ4n) is 3.13. The molecule has 138 valence electrons. The van der Waals surface area contributed by atoms with E-state index in [1.807, 2.05) is 12.1 Å². The van der Waals surface area contributed by atoms with E-state index in [1.54, 1.807) is 18.3 Å². The first-order valence-electron chi connectivity index (χ1n) is 8.81. The van der Waals surface area contributed by atoms with E-state index in [4.69, 9.17) is 15.2 Å². The van der Waals surface area contributed by atoms with Gasteiger partial charge in [0.25, 0.3) is 0 Å². The minimum Gasteiger partial charge on any atom is -0.437 e. The second-order valence-electron chi connectivity index (χ2n) is 6.36. The molecule has 7 heteroatoms. The Morgan fingerprint density at radius 1 is 1.15 bits per heavy atom. The molecule has 1 amide bonds. The monoisotopic (exact) mass is 364 g/mol. The van der Waals surface area contributed by atoms with Gasteiger partial charge >= 0.3 is 0 Å². The molecule has 4 rings (SSSR count). The highest BCUT2D eigenvalue weighted by Gasteiger charge is 2.15. The quantitative estimate of drug-likeness (QED) is 0.747. The smallest absolute Gasteiger partial charge is 0.250 e. The topological polar surface area (TPSA) is 90.6 Å². The fraction of sp³-hybridized carbons (Fsp3) is 0.250. The van der Waals surface area contributed by atoms with Crippen LogP contribution in [0.2, 0.25) is 0 Å². The molecule has 2 aromatic heterocycles. The summed E-state index contributed by atoms with van der Waals surface area (Å²) in [5, 5.41) is 1.05. The van der Waals surface area contributed by atoms with Gasteiger partial charge in [-0.3, -0.25) is 14.7 Å². The predicted molar refractivity (Wildman–Crippen MR) is 101 cm³/mol. The predicted octanol–water partition coefficient (Wildman–Crippen LogP) is 2.35. The van der Waals surface area contributed by atoms with Crippen LogP contribution in [0.4, 0.5) is 0 Å². The normalized spacial score (nSPS) is 15.0. The number of pyridine rings is 2. The minimum atomic E-state index is -0.520. The Bertz CT molecular complexity index is 953. The molecule has 0 radical (unpaired) electrons. The van der Waals surface area contributed by atoms with Crippen molar-refractivity contribution in [2.24, 2.45) is 5.73 Å². The summed E-state index contributed by atoms with van der Waals surface area (Å²) in [5.74, 6) is 0.483. The lowest BCUT2D eigenvalue weighted by Crippen LogP contribution is -2.35. The van der Waals surface area contributed by atoms with Gasteiger partial charge in [0, 0.05) is 43.5 Å². The van der Waals surface area contributed by atoms with Crippen molar-refractivity contribution < 1.29 is 14.3 Å². The van der Waals surface area contributed by atoms with Crippen LogP contribution in [0.3, 0.4) is 0 Å². The molecule has 0 spiro atoms. The van der Waals surface area contributed by atoms with Crippen molar-refractivity contribution in [2.75, 3.05) is 26.3 Å². The number of benzene rings is 1. The number of hydrogen-bond donors (Lipinski definition) is 1. The molecule has 0 saturated carbocycles. The van der Waals surface area contributed by atoms with Gasteiger partial charge in [-0.05, 0) is 23.8 Å². The number of amides is 1. The van der Waals surface area contributed by atoms with Gasteiger partial charge < -0.3 is 15.2 Å². The molecule has 0 bridgehead atoms. The third-order valence-corrected chi connectivity index (χ3v) is 4.56. The molecule has 0 unspecified atom stereocenters. The standard InChI is InChI=1S/C20H20N4O3/c21-20(25)14-4-6-18(23-12-14)27-17-5-3-15(13-24-8-10-26-11-9-24)16-2-1-7-22-19(16)17/h1-7,12H,8-11,13H2,(H2,21,25). The second-order valence-corrected chi connectivity index (χ2v) is 6.36. The van der Waals surface area contributed by atoms with Crippen molar-refractivity contribution in [2.45, 2.75) is 6.54 Å². The van der Waals surface area contributed by atoms with Crippen LogP contribution in [0.15, 0.2) is 48.8 Å². The van der Waals surface area contributed by atoms with E-state index in [1.165, 1.54) is 11.8 Å². The molecule has 7 nitrogen and oxygen atoms in total. The van der Waals surface area contributed by atoms with Crippen LogP contribution in [0.25, 0.3) is 10.9 Å². The van der Waals surface area contributed by atoms with E-state index in [2.05, 4.69) is 27.0 Å². The van der Waals surface area contributed by atoms with E-state index < -0.39 is 5.91 Å². The van der Waals surface area contributed by atoms with Crippen molar-refractivity contribution in [3.8, 4) is 11.6 Å². The van der Waals surface area contributed by atoms with E-state index in [9.17, 15) is 4.79 Å². The highest BCUT2D eigenvalue weighted by atomic mass is 16.5. The molecule has 2 N–H and O–H groups in total. The maximum Gasteiger partial charge on any atom is 0.250 e. The molecule has 1 fully saturated rings. The molecule has 1 aliphatic rings. The van der Waals surface area contributed by atoms with Crippen LogP contribution in [0.1, 0.15) is 15.9 Å². The van der Waals surface area contributed by atoms with Gasteiger partial charge in [0.05, 0.1) is 18.8 Å². The van der Waals surface area contributed by atoms with Crippen LogP contribution in [-0.4, -0.2) is 47.1 Å². The molecule has 1 aromatic carbocycles. The minimum absolute atomic E-state index is 0.339. The van der Waals surface area contributed by atoms with E-state index in [0.717, 1.165) is 43.8 Å². The number of aromatic nitrogens is 2. The number of hydrogen-bond acceptors (Lipinski definition) is 6. The summed E-state index contributed by atoms with van der Waals surface area (Å²) in [6.45, 7) is 4.23. The first kappa shape index (κ1) is 17.4. The molecule has 0 aliphatic carbocycles. The number of ether oxygens (including phenoxy) is 2. The van der Waals surface area contributed by atoms with Crippen molar-refractivity contribution in [3.05, 3.63) is 59.9 Å². The first-order chi connectivity index (χ1) is 13.2.